The normalized spacial score (nSPS) is 11.6. The van der Waals surface area contributed by atoms with E-state index in [4.69, 9.17) is 16.0 Å². The first-order chi connectivity index (χ1) is 15.1. The van der Waals surface area contributed by atoms with Crippen molar-refractivity contribution in [3.63, 3.8) is 0 Å². The maximum atomic E-state index is 13.8. The molecule has 0 atom stereocenters. The third-order valence-electron chi connectivity index (χ3n) is 4.13. The Balaban J connectivity index is 1.43. The zero-order chi connectivity index (χ0) is 23.3. The highest BCUT2D eigenvalue weighted by atomic mass is 35.5. The van der Waals surface area contributed by atoms with Crippen molar-refractivity contribution < 1.29 is 31.2 Å². The first kappa shape index (κ1) is 24.0. The van der Waals surface area contributed by atoms with Gasteiger partial charge in [0.1, 0.15) is 16.7 Å². The molecular weight excluding hydrogens is 477 g/mol. The fraction of sp³-hybridized carbons (Fsp3) is 0.250. The van der Waals surface area contributed by atoms with Crippen LogP contribution >= 0.6 is 23.4 Å². The lowest BCUT2D eigenvalue weighted by atomic mass is 10.1. The molecule has 0 spiro atoms. The molecule has 2 aromatic heterocycles. The minimum absolute atomic E-state index is 0.0175. The molecule has 12 heteroatoms. The lowest BCUT2D eigenvalue weighted by Crippen LogP contribution is -2.25. The van der Waals surface area contributed by atoms with Crippen molar-refractivity contribution in [3.8, 4) is 11.3 Å². The Labute approximate surface area is 188 Å². The van der Waals surface area contributed by atoms with E-state index in [0.29, 0.717) is 11.9 Å². The summed E-state index contributed by atoms with van der Waals surface area (Å²) in [6, 6.07) is 4.22. The molecule has 170 valence electrons. The molecule has 0 saturated heterocycles. The molecule has 0 radical (unpaired) electrons. The molecule has 32 heavy (non-hydrogen) atoms. The standard InChI is InChI=1S/C20H15ClF5N3O2S/c21-12-8-11(20(24,25)26)9-29-19(12)32-7-6-27-16(30)4-5-17-28-10-15(31-17)18-13(22)2-1-3-14(18)23/h1-3,8-10H,4-7H2,(H,27,30). The van der Waals surface area contributed by atoms with E-state index >= 15 is 0 Å². The molecule has 0 bridgehead atoms. The van der Waals surface area contributed by atoms with Crippen LogP contribution in [-0.2, 0) is 17.4 Å². The van der Waals surface area contributed by atoms with Crippen LogP contribution in [0, 0.1) is 11.6 Å². The van der Waals surface area contributed by atoms with E-state index in [-0.39, 0.29) is 52.6 Å². The quantitative estimate of drug-likeness (QED) is 0.255. The Bertz CT molecular complexity index is 1090. The SMILES string of the molecule is O=C(CCc1ncc(-c2c(F)cccc2F)o1)NCCSc1ncc(C(F)(F)F)cc1Cl. The first-order valence-electron chi connectivity index (χ1n) is 9.16. The number of hydrogen-bond acceptors (Lipinski definition) is 5. The number of aryl methyl sites for hydroxylation is 1. The smallest absolute Gasteiger partial charge is 0.417 e. The average molecular weight is 492 g/mol. The number of carbonyl (C=O) groups is 1. The molecule has 2 heterocycles. The van der Waals surface area contributed by atoms with Crippen LogP contribution in [0.25, 0.3) is 11.3 Å². The van der Waals surface area contributed by atoms with Crippen molar-refractivity contribution in [2.75, 3.05) is 12.3 Å². The minimum Gasteiger partial charge on any atom is -0.441 e. The monoisotopic (exact) mass is 491 g/mol. The van der Waals surface area contributed by atoms with Gasteiger partial charge in [-0.3, -0.25) is 4.79 Å². The van der Waals surface area contributed by atoms with Gasteiger partial charge in [-0.05, 0) is 18.2 Å². The fourth-order valence-corrected chi connectivity index (χ4v) is 3.66. The molecule has 0 fully saturated rings. The third-order valence-corrected chi connectivity index (χ3v) is 5.53. The Hall–Kier alpha value is -2.66. The van der Waals surface area contributed by atoms with Crippen molar-refractivity contribution in [3.05, 3.63) is 64.8 Å². The van der Waals surface area contributed by atoms with Crippen LogP contribution in [0.2, 0.25) is 5.02 Å². The van der Waals surface area contributed by atoms with E-state index in [1.807, 2.05) is 0 Å². The maximum absolute atomic E-state index is 13.8. The number of benzene rings is 1. The molecule has 5 nitrogen and oxygen atoms in total. The van der Waals surface area contributed by atoms with Crippen molar-refractivity contribution in [2.45, 2.75) is 24.0 Å². The summed E-state index contributed by atoms with van der Waals surface area (Å²) >= 11 is 6.92. The lowest BCUT2D eigenvalue weighted by molar-refractivity contribution is -0.137. The molecule has 3 rings (SSSR count). The maximum Gasteiger partial charge on any atom is 0.417 e. The summed E-state index contributed by atoms with van der Waals surface area (Å²) < 4.78 is 70.8. The van der Waals surface area contributed by atoms with Crippen LogP contribution in [0.15, 0.2) is 46.1 Å². The van der Waals surface area contributed by atoms with Gasteiger partial charge in [-0.2, -0.15) is 13.2 Å². The van der Waals surface area contributed by atoms with Gasteiger partial charge in [0, 0.05) is 31.3 Å². The highest BCUT2D eigenvalue weighted by Gasteiger charge is 2.31. The summed E-state index contributed by atoms with van der Waals surface area (Å²) in [6.07, 6.45) is -2.51. The molecule has 0 saturated carbocycles. The second-order valence-corrected chi connectivity index (χ2v) is 7.91. The van der Waals surface area contributed by atoms with Gasteiger partial charge in [-0.25, -0.2) is 18.7 Å². The number of amides is 1. The largest absolute Gasteiger partial charge is 0.441 e. The number of nitrogens with zero attached hydrogens (tertiary/aromatic N) is 2. The molecule has 1 aromatic carbocycles. The van der Waals surface area contributed by atoms with Gasteiger partial charge >= 0.3 is 6.18 Å². The van der Waals surface area contributed by atoms with Gasteiger partial charge in [0.05, 0.1) is 22.3 Å². The summed E-state index contributed by atoms with van der Waals surface area (Å²) in [6.45, 7) is 0.222. The van der Waals surface area contributed by atoms with Gasteiger partial charge in [-0.1, -0.05) is 17.7 Å². The van der Waals surface area contributed by atoms with Crippen LogP contribution in [-0.4, -0.2) is 28.2 Å². The first-order valence-corrected chi connectivity index (χ1v) is 10.5. The number of carbonyl (C=O) groups excluding carboxylic acids is 1. The number of alkyl halides is 3. The van der Waals surface area contributed by atoms with Gasteiger partial charge < -0.3 is 9.73 Å². The van der Waals surface area contributed by atoms with E-state index in [1.54, 1.807) is 0 Å². The molecule has 1 amide bonds. The van der Waals surface area contributed by atoms with E-state index in [9.17, 15) is 26.7 Å². The Morgan fingerprint density at radius 1 is 1.16 bits per heavy atom. The summed E-state index contributed by atoms with van der Waals surface area (Å²) in [4.78, 5) is 19.6. The number of pyridine rings is 1. The lowest BCUT2D eigenvalue weighted by Gasteiger charge is -2.09. The van der Waals surface area contributed by atoms with Gasteiger partial charge in [0.25, 0.3) is 0 Å². The van der Waals surface area contributed by atoms with Crippen LogP contribution in [0.4, 0.5) is 22.0 Å². The van der Waals surface area contributed by atoms with Crippen molar-refractivity contribution in [1.82, 2.24) is 15.3 Å². The molecule has 1 N–H and O–H groups in total. The minimum atomic E-state index is -4.53. The highest BCUT2D eigenvalue weighted by Crippen LogP contribution is 2.33. The Morgan fingerprint density at radius 3 is 2.53 bits per heavy atom. The zero-order valence-electron chi connectivity index (χ0n) is 16.2. The number of rotatable bonds is 8. The van der Waals surface area contributed by atoms with E-state index in [1.165, 1.54) is 12.3 Å². The van der Waals surface area contributed by atoms with Gasteiger partial charge in [0.2, 0.25) is 5.91 Å². The summed E-state index contributed by atoms with van der Waals surface area (Å²) in [7, 11) is 0. The van der Waals surface area contributed by atoms with Crippen LogP contribution in [0.5, 0.6) is 0 Å². The second kappa shape index (κ2) is 10.3. The topological polar surface area (TPSA) is 68.0 Å². The van der Waals surface area contributed by atoms with Crippen molar-refractivity contribution >= 4 is 29.3 Å². The summed E-state index contributed by atoms with van der Waals surface area (Å²) in [5.74, 6) is -1.49. The molecule has 0 aliphatic carbocycles. The second-order valence-electron chi connectivity index (χ2n) is 6.42. The zero-order valence-corrected chi connectivity index (χ0v) is 17.8. The third kappa shape index (κ3) is 6.19. The van der Waals surface area contributed by atoms with Crippen LogP contribution in [0.1, 0.15) is 17.9 Å². The van der Waals surface area contributed by atoms with Crippen molar-refractivity contribution in [1.29, 1.82) is 0 Å². The van der Waals surface area contributed by atoms with E-state index in [0.717, 1.165) is 30.0 Å². The van der Waals surface area contributed by atoms with Gasteiger partial charge in [0.15, 0.2) is 11.7 Å². The van der Waals surface area contributed by atoms with Crippen LogP contribution < -0.4 is 5.32 Å². The predicted octanol–water partition coefficient (Wildman–Crippen LogP) is 5.53. The molecule has 0 aliphatic heterocycles. The number of aromatic nitrogens is 2. The average Bonchev–Trinajstić information content (AvgIpc) is 3.18. The number of halogens is 6. The highest BCUT2D eigenvalue weighted by molar-refractivity contribution is 7.99. The number of hydrogen-bond donors (Lipinski definition) is 1. The van der Waals surface area contributed by atoms with E-state index in [2.05, 4.69) is 15.3 Å². The summed E-state index contributed by atoms with van der Waals surface area (Å²) in [5, 5.41) is 2.74. The fourth-order valence-electron chi connectivity index (χ4n) is 2.61. The Kier molecular flexibility index (Phi) is 7.73. The van der Waals surface area contributed by atoms with E-state index < -0.39 is 23.4 Å². The molecule has 3 aromatic rings. The number of thioether (sulfide) groups is 1. The predicted molar refractivity (Wildman–Crippen MR) is 108 cm³/mol. The molecular formula is C20H15ClF5N3O2S. The summed E-state index contributed by atoms with van der Waals surface area (Å²) in [5.41, 5.74) is -1.27. The van der Waals surface area contributed by atoms with Crippen molar-refractivity contribution in [2.24, 2.45) is 0 Å². The van der Waals surface area contributed by atoms with Gasteiger partial charge in [-0.15, -0.1) is 11.8 Å². The molecule has 0 aliphatic rings. The number of nitrogens with one attached hydrogen (secondary N) is 1. The van der Waals surface area contributed by atoms with Crippen LogP contribution in [0.3, 0.4) is 0 Å². The number of oxazole rings is 1. The molecule has 0 unspecified atom stereocenters. The Morgan fingerprint density at radius 2 is 1.88 bits per heavy atom.